The Morgan fingerprint density at radius 2 is 2.12 bits per heavy atom. The number of likely N-dealkylation sites (tertiary alicyclic amines) is 1. The van der Waals surface area contributed by atoms with Gasteiger partial charge in [0.05, 0.1) is 13.0 Å². The number of nitrogens with zero attached hydrogens (tertiary/aromatic N) is 1. The molecule has 1 aliphatic rings. The van der Waals surface area contributed by atoms with Crippen LogP contribution in [0, 0.1) is 11.8 Å². The van der Waals surface area contributed by atoms with Crippen LogP contribution in [-0.4, -0.2) is 41.5 Å². The maximum atomic E-state index is 12.9. The molecule has 2 aromatic rings. The lowest BCUT2D eigenvalue weighted by Gasteiger charge is -2.37. The topological polar surface area (TPSA) is 62.4 Å². The normalized spacial score (nSPS) is 20.5. The zero-order valence-electron chi connectivity index (χ0n) is 15.7. The first-order valence-electron chi connectivity index (χ1n) is 9.61. The van der Waals surface area contributed by atoms with E-state index in [1.165, 1.54) is 10.9 Å². The molecule has 2 heterocycles. The molecule has 0 aliphatic carbocycles. The summed E-state index contributed by atoms with van der Waals surface area (Å²) in [6, 6.07) is 8.22. The summed E-state index contributed by atoms with van der Waals surface area (Å²) in [5.41, 5.74) is 2.35. The molecule has 1 amide bonds. The Morgan fingerprint density at radius 1 is 1.31 bits per heavy atom. The number of aromatic amines is 1. The fourth-order valence-corrected chi connectivity index (χ4v) is 3.92. The summed E-state index contributed by atoms with van der Waals surface area (Å²) >= 11 is 0. The molecule has 1 aliphatic heterocycles. The van der Waals surface area contributed by atoms with Gasteiger partial charge in [0.2, 0.25) is 5.91 Å². The maximum absolute atomic E-state index is 12.9. The van der Waals surface area contributed by atoms with Crippen LogP contribution in [0.25, 0.3) is 10.9 Å². The van der Waals surface area contributed by atoms with Crippen molar-refractivity contribution in [2.75, 3.05) is 19.7 Å². The van der Waals surface area contributed by atoms with Gasteiger partial charge in [-0.1, -0.05) is 31.5 Å². The van der Waals surface area contributed by atoms with Gasteiger partial charge in [0, 0.05) is 36.1 Å². The Kier molecular flexibility index (Phi) is 5.96. The fourth-order valence-electron chi connectivity index (χ4n) is 3.92. The average Bonchev–Trinajstić information content (AvgIpc) is 3.06. The number of hydrogen-bond donors (Lipinski definition) is 1. The zero-order valence-corrected chi connectivity index (χ0v) is 15.7. The van der Waals surface area contributed by atoms with Crippen molar-refractivity contribution in [1.82, 2.24) is 9.88 Å². The number of carbonyl (C=O) groups is 2. The van der Waals surface area contributed by atoms with Gasteiger partial charge >= 0.3 is 5.97 Å². The first-order chi connectivity index (χ1) is 12.6. The number of H-pyrrole nitrogens is 1. The first kappa shape index (κ1) is 18.5. The highest BCUT2D eigenvalue weighted by molar-refractivity contribution is 5.85. The van der Waals surface area contributed by atoms with Gasteiger partial charge in [-0.2, -0.15) is 0 Å². The van der Waals surface area contributed by atoms with E-state index in [0.717, 1.165) is 31.3 Å². The molecule has 2 unspecified atom stereocenters. The first-order valence-corrected chi connectivity index (χ1v) is 9.61. The Labute approximate surface area is 154 Å². The molecule has 0 spiro atoms. The fraction of sp³-hybridized carbons (Fsp3) is 0.524. The number of amides is 1. The molecule has 1 aromatic carbocycles. The minimum absolute atomic E-state index is 0.0996. The second-order valence-electron chi connectivity index (χ2n) is 7.11. The zero-order chi connectivity index (χ0) is 18.5. The van der Waals surface area contributed by atoms with E-state index in [2.05, 4.69) is 24.0 Å². The predicted molar refractivity (Wildman–Crippen MR) is 102 cm³/mol. The summed E-state index contributed by atoms with van der Waals surface area (Å²) in [4.78, 5) is 30.0. The quantitative estimate of drug-likeness (QED) is 0.772. The minimum Gasteiger partial charge on any atom is -0.466 e. The number of fused-ring (bicyclic) bond motifs is 1. The van der Waals surface area contributed by atoms with Crippen LogP contribution in [0.1, 0.15) is 38.7 Å². The molecule has 2 atom stereocenters. The number of benzene rings is 1. The van der Waals surface area contributed by atoms with Crippen LogP contribution in [0.5, 0.6) is 0 Å². The lowest BCUT2D eigenvalue weighted by atomic mass is 9.85. The van der Waals surface area contributed by atoms with Crippen molar-refractivity contribution < 1.29 is 14.3 Å². The number of aromatic nitrogens is 1. The van der Waals surface area contributed by atoms with Crippen LogP contribution in [0.2, 0.25) is 0 Å². The Hall–Kier alpha value is -2.30. The summed E-state index contributed by atoms with van der Waals surface area (Å²) in [6.07, 6.45) is 4.87. The summed E-state index contributed by atoms with van der Waals surface area (Å²) in [5.74, 6) is 0.0487. The highest BCUT2D eigenvalue weighted by Crippen LogP contribution is 2.28. The summed E-state index contributed by atoms with van der Waals surface area (Å²) < 4.78 is 5.05. The van der Waals surface area contributed by atoms with E-state index in [4.69, 9.17) is 4.74 Å². The van der Waals surface area contributed by atoms with Gasteiger partial charge in [0.25, 0.3) is 0 Å². The highest BCUT2D eigenvalue weighted by atomic mass is 16.5. The van der Waals surface area contributed by atoms with Gasteiger partial charge in [-0.05, 0) is 37.3 Å². The van der Waals surface area contributed by atoms with Crippen molar-refractivity contribution in [2.24, 2.45) is 11.8 Å². The van der Waals surface area contributed by atoms with Crippen LogP contribution >= 0.6 is 0 Å². The van der Waals surface area contributed by atoms with Gasteiger partial charge in [-0.15, -0.1) is 0 Å². The summed E-state index contributed by atoms with van der Waals surface area (Å²) in [5, 5.41) is 1.21. The monoisotopic (exact) mass is 356 g/mol. The summed E-state index contributed by atoms with van der Waals surface area (Å²) in [6.45, 7) is 5.79. The number of esters is 1. The number of rotatable bonds is 7. The Morgan fingerprint density at radius 3 is 2.88 bits per heavy atom. The molecule has 140 valence electrons. The Balaban J connectivity index is 1.67. The number of nitrogens with one attached hydrogen (secondary N) is 1. The van der Waals surface area contributed by atoms with Crippen LogP contribution in [0.15, 0.2) is 30.5 Å². The molecule has 1 N–H and O–H groups in total. The lowest BCUT2D eigenvalue weighted by Crippen LogP contribution is -2.46. The van der Waals surface area contributed by atoms with E-state index in [9.17, 15) is 9.59 Å². The molecule has 0 saturated carbocycles. The van der Waals surface area contributed by atoms with Crippen LogP contribution in [-0.2, 0) is 20.7 Å². The molecule has 1 saturated heterocycles. The SMILES string of the molecule is CCOC(=O)CC1CC(CC)CN(CCc2c[nH]c3ccccc23)C1=O. The number of ether oxygens (including phenoxy) is 1. The van der Waals surface area contributed by atoms with E-state index >= 15 is 0 Å². The van der Waals surface area contributed by atoms with Crippen molar-refractivity contribution in [3.8, 4) is 0 Å². The van der Waals surface area contributed by atoms with E-state index in [1.54, 1.807) is 6.92 Å². The third kappa shape index (κ3) is 4.09. The molecular formula is C21H28N2O3. The molecule has 5 nitrogen and oxygen atoms in total. The standard InChI is InChI=1S/C21H28N2O3/c1-3-15-11-17(12-20(24)26-4-2)21(25)23(14-15)10-9-16-13-22-19-8-6-5-7-18(16)19/h5-8,13,15,17,22H,3-4,9-12,14H2,1-2H3. The van der Waals surface area contributed by atoms with Gasteiger partial charge in [0.1, 0.15) is 0 Å². The van der Waals surface area contributed by atoms with Crippen LogP contribution < -0.4 is 0 Å². The van der Waals surface area contributed by atoms with Crippen molar-refractivity contribution >= 4 is 22.8 Å². The Bertz CT molecular complexity index is 767. The van der Waals surface area contributed by atoms with Gasteiger partial charge < -0.3 is 14.6 Å². The highest BCUT2D eigenvalue weighted by Gasteiger charge is 2.34. The molecule has 5 heteroatoms. The third-order valence-electron chi connectivity index (χ3n) is 5.38. The largest absolute Gasteiger partial charge is 0.466 e. The second-order valence-corrected chi connectivity index (χ2v) is 7.11. The van der Waals surface area contributed by atoms with Crippen molar-refractivity contribution in [3.05, 3.63) is 36.0 Å². The van der Waals surface area contributed by atoms with Crippen LogP contribution in [0.3, 0.4) is 0 Å². The van der Waals surface area contributed by atoms with Crippen molar-refractivity contribution in [1.29, 1.82) is 0 Å². The van der Waals surface area contributed by atoms with E-state index in [-0.39, 0.29) is 24.2 Å². The van der Waals surface area contributed by atoms with Gasteiger partial charge in [0.15, 0.2) is 0 Å². The molecule has 1 aromatic heterocycles. The van der Waals surface area contributed by atoms with Gasteiger partial charge in [-0.3, -0.25) is 9.59 Å². The molecule has 0 bridgehead atoms. The van der Waals surface area contributed by atoms with E-state index in [1.807, 2.05) is 23.2 Å². The molecule has 3 rings (SSSR count). The average molecular weight is 356 g/mol. The number of piperidine rings is 1. The predicted octanol–water partition coefficient (Wildman–Crippen LogP) is 3.54. The number of hydrogen-bond acceptors (Lipinski definition) is 3. The van der Waals surface area contributed by atoms with Gasteiger partial charge in [-0.25, -0.2) is 0 Å². The lowest BCUT2D eigenvalue weighted by molar-refractivity contribution is -0.151. The third-order valence-corrected chi connectivity index (χ3v) is 5.38. The minimum atomic E-state index is -0.265. The smallest absolute Gasteiger partial charge is 0.306 e. The molecule has 0 radical (unpaired) electrons. The number of carbonyl (C=O) groups excluding carboxylic acids is 2. The molecular weight excluding hydrogens is 328 g/mol. The van der Waals surface area contributed by atoms with E-state index < -0.39 is 0 Å². The van der Waals surface area contributed by atoms with E-state index in [0.29, 0.717) is 19.1 Å². The number of para-hydroxylation sites is 1. The second kappa shape index (κ2) is 8.39. The van der Waals surface area contributed by atoms with Crippen molar-refractivity contribution in [3.63, 3.8) is 0 Å². The van der Waals surface area contributed by atoms with Crippen molar-refractivity contribution in [2.45, 2.75) is 39.5 Å². The van der Waals surface area contributed by atoms with Crippen LogP contribution in [0.4, 0.5) is 0 Å². The molecule has 26 heavy (non-hydrogen) atoms. The molecule has 1 fully saturated rings. The maximum Gasteiger partial charge on any atom is 0.306 e. The summed E-state index contributed by atoms with van der Waals surface area (Å²) in [7, 11) is 0.